The number of carbonyl (C=O) groups excluding carboxylic acids is 1. The molecule has 8 heteroatoms. The van der Waals surface area contributed by atoms with Gasteiger partial charge in [0.25, 0.3) is 0 Å². The number of carboxylic acids is 1. The molecular formula is C19H18N2O5S. The van der Waals surface area contributed by atoms with Gasteiger partial charge in [0.05, 0.1) is 23.0 Å². The van der Waals surface area contributed by atoms with Crippen molar-refractivity contribution in [3.63, 3.8) is 0 Å². The summed E-state index contributed by atoms with van der Waals surface area (Å²) in [6.45, 7) is 0.490. The molecule has 2 aliphatic rings. The maximum Gasteiger partial charge on any atom is 0.335 e. The van der Waals surface area contributed by atoms with Crippen LogP contribution in [0, 0.1) is 0 Å². The molecule has 0 spiro atoms. The highest BCUT2D eigenvalue weighted by molar-refractivity contribution is 7.89. The molecule has 2 aliphatic heterocycles. The van der Waals surface area contributed by atoms with Gasteiger partial charge in [0.1, 0.15) is 0 Å². The summed E-state index contributed by atoms with van der Waals surface area (Å²) in [7, 11) is -3.98. The average molecular weight is 386 g/mol. The number of rotatable bonds is 3. The lowest BCUT2D eigenvalue weighted by atomic mass is 9.91. The molecule has 1 fully saturated rings. The van der Waals surface area contributed by atoms with Crippen molar-refractivity contribution in [3.05, 3.63) is 65.2 Å². The molecule has 1 unspecified atom stereocenters. The predicted octanol–water partition coefficient (Wildman–Crippen LogP) is 1.52. The van der Waals surface area contributed by atoms with E-state index in [0.29, 0.717) is 6.54 Å². The Bertz CT molecular complexity index is 1030. The number of hydrogen-bond acceptors (Lipinski definition) is 4. The minimum Gasteiger partial charge on any atom is -0.478 e. The van der Waals surface area contributed by atoms with Crippen molar-refractivity contribution >= 4 is 21.9 Å². The summed E-state index contributed by atoms with van der Waals surface area (Å²) in [5.41, 5.74) is 1.99. The first-order valence-electron chi connectivity index (χ1n) is 8.59. The van der Waals surface area contributed by atoms with Crippen molar-refractivity contribution in [2.45, 2.75) is 17.4 Å². The molecule has 0 radical (unpaired) electrons. The first kappa shape index (κ1) is 17.7. The van der Waals surface area contributed by atoms with Crippen molar-refractivity contribution in [3.8, 4) is 0 Å². The summed E-state index contributed by atoms with van der Waals surface area (Å²) in [6.07, 6.45) is 0.756. The Morgan fingerprint density at radius 1 is 1.11 bits per heavy atom. The van der Waals surface area contributed by atoms with E-state index in [1.807, 2.05) is 24.3 Å². The van der Waals surface area contributed by atoms with Gasteiger partial charge < -0.3 is 10.0 Å². The van der Waals surface area contributed by atoms with Crippen molar-refractivity contribution in [1.29, 1.82) is 0 Å². The first-order chi connectivity index (χ1) is 12.9. The van der Waals surface area contributed by atoms with Crippen LogP contribution >= 0.6 is 0 Å². The summed E-state index contributed by atoms with van der Waals surface area (Å²) < 4.78 is 27.3. The van der Waals surface area contributed by atoms with Crippen molar-refractivity contribution in [2.24, 2.45) is 0 Å². The van der Waals surface area contributed by atoms with Gasteiger partial charge in [-0.1, -0.05) is 30.3 Å². The normalized spacial score (nSPS) is 20.1. The summed E-state index contributed by atoms with van der Waals surface area (Å²) in [6, 6.07) is 12.6. The average Bonchev–Trinajstić information content (AvgIpc) is 2.67. The van der Waals surface area contributed by atoms with Crippen LogP contribution in [-0.2, 0) is 21.2 Å². The predicted molar refractivity (Wildman–Crippen MR) is 96.8 cm³/mol. The summed E-state index contributed by atoms with van der Waals surface area (Å²) in [5.74, 6) is -1.44. The molecule has 0 aromatic heterocycles. The number of hydrogen-bond donors (Lipinski definition) is 1. The Kier molecular flexibility index (Phi) is 4.24. The Morgan fingerprint density at radius 3 is 2.67 bits per heavy atom. The Hall–Kier alpha value is -2.71. The molecule has 2 heterocycles. The number of amides is 1. The van der Waals surface area contributed by atoms with E-state index in [0.717, 1.165) is 27.9 Å². The fourth-order valence-electron chi connectivity index (χ4n) is 3.77. The fraction of sp³-hybridized carbons (Fsp3) is 0.263. The van der Waals surface area contributed by atoms with Gasteiger partial charge in [-0.05, 0) is 35.7 Å². The lowest BCUT2D eigenvalue weighted by Crippen LogP contribution is -2.55. The van der Waals surface area contributed by atoms with Crippen LogP contribution in [0.15, 0.2) is 53.4 Å². The maximum absolute atomic E-state index is 13.1. The Labute approximate surface area is 156 Å². The zero-order valence-electron chi connectivity index (χ0n) is 14.4. The second-order valence-corrected chi connectivity index (χ2v) is 8.62. The Morgan fingerprint density at radius 2 is 1.89 bits per heavy atom. The van der Waals surface area contributed by atoms with Gasteiger partial charge in [0, 0.05) is 13.1 Å². The molecule has 1 amide bonds. The molecule has 140 valence electrons. The molecule has 0 saturated carbocycles. The maximum atomic E-state index is 13.1. The molecular weight excluding hydrogens is 368 g/mol. The third-order valence-corrected chi connectivity index (χ3v) is 6.95. The van der Waals surface area contributed by atoms with E-state index in [1.54, 1.807) is 4.90 Å². The van der Waals surface area contributed by atoms with E-state index >= 15 is 0 Å². The molecule has 2 aromatic carbocycles. The van der Waals surface area contributed by atoms with Crippen LogP contribution in [0.2, 0.25) is 0 Å². The van der Waals surface area contributed by atoms with E-state index in [-0.39, 0.29) is 35.5 Å². The standard InChI is InChI=1S/C19H18N2O5S/c22-18-12-20(27(25,26)15-6-3-5-14(10-15)19(23)24)11-17-16-7-2-1-4-13(16)8-9-21(17)18/h1-7,10,17H,8-9,11-12H2,(H,23,24). The van der Waals surface area contributed by atoms with Crippen molar-refractivity contribution < 1.29 is 23.1 Å². The third-order valence-electron chi connectivity index (χ3n) is 5.14. The lowest BCUT2D eigenvalue weighted by molar-refractivity contribution is -0.138. The van der Waals surface area contributed by atoms with Crippen LogP contribution in [0.5, 0.6) is 0 Å². The second-order valence-electron chi connectivity index (χ2n) is 6.68. The largest absolute Gasteiger partial charge is 0.478 e. The number of carboxylic acid groups (broad SMARTS) is 1. The zero-order valence-corrected chi connectivity index (χ0v) is 15.2. The third kappa shape index (κ3) is 3.00. The van der Waals surface area contributed by atoms with Gasteiger partial charge in [0.2, 0.25) is 15.9 Å². The van der Waals surface area contributed by atoms with Crippen molar-refractivity contribution in [2.75, 3.05) is 19.6 Å². The van der Waals surface area contributed by atoms with E-state index in [4.69, 9.17) is 5.11 Å². The molecule has 4 rings (SSSR count). The van der Waals surface area contributed by atoms with Crippen LogP contribution < -0.4 is 0 Å². The van der Waals surface area contributed by atoms with Gasteiger partial charge in [-0.2, -0.15) is 4.31 Å². The number of sulfonamides is 1. The van der Waals surface area contributed by atoms with Gasteiger partial charge in [-0.3, -0.25) is 4.79 Å². The van der Waals surface area contributed by atoms with Gasteiger partial charge >= 0.3 is 5.97 Å². The molecule has 1 atom stereocenters. The number of carbonyl (C=O) groups is 2. The lowest BCUT2D eigenvalue weighted by Gasteiger charge is -2.44. The molecule has 1 N–H and O–H groups in total. The van der Waals surface area contributed by atoms with E-state index < -0.39 is 16.0 Å². The molecule has 0 aliphatic carbocycles. The highest BCUT2D eigenvalue weighted by atomic mass is 32.2. The van der Waals surface area contributed by atoms with Crippen LogP contribution in [0.1, 0.15) is 27.5 Å². The quantitative estimate of drug-likeness (QED) is 0.863. The molecule has 0 bridgehead atoms. The number of piperazine rings is 1. The number of nitrogens with zero attached hydrogens (tertiary/aromatic N) is 2. The molecule has 7 nitrogen and oxygen atoms in total. The minimum absolute atomic E-state index is 0.107. The zero-order chi connectivity index (χ0) is 19.2. The van der Waals surface area contributed by atoms with Gasteiger partial charge in [-0.15, -0.1) is 0 Å². The van der Waals surface area contributed by atoms with Crippen molar-refractivity contribution in [1.82, 2.24) is 9.21 Å². The SMILES string of the molecule is O=C(O)c1cccc(S(=O)(=O)N2CC(=O)N3CCc4ccccc4C3C2)c1. The summed E-state index contributed by atoms with van der Waals surface area (Å²) in [4.78, 5) is 25.4. The van der Waals surface area contributed by atoms with E-state index in [1.165, 1.54) is 18.2 Å². The van der Waals surface area contributed by atoms with Crippen LogP contribution in [0.25, 0.3) is 0 Å². The van der Waals surface area contributed by atoms with Crippen LogP contribution in [-0.4, -0.2) is 54.2 Å². The molecule has 1 saturated heterocycles. The topological polar surface area (TPSA) is 95.0 Å². The minimum atomic E-state index is -3.98. The highest BCUT2D eigenvalue weighted by Crippen LogP contribution is 2.34. The van der Waals surface area contributed by atoms with Crippen LogP contribution in [0.4, 0.5) is 0 Å². The smallest absolute Gasteiger partial charge is 0.335 e. The van der Waals surface area contributed by atoms with Crippen LogP contribution in [0.3, 0.4) is 0 Å². The second kappa shape index (κ2) is 6.47. The number of benzene rings is 2. The Balaban J connectivity index is 1.70. The molecule has 27 heavy (non-hydrogen) atoms. The van der Waals surface area contributed by atoms with E-state index in [2.05, 4.69) is 0 Å². The van der Waals surface area contributed by atoms with Gasteiger partial charge in [-0.25, -0.2) is 13.2 Å². The number of aromatic carboxylic acids is 1. The monoisotopic (exact) mass is 386 g/mol. The first-order valence-corrected chi connectivity index (χ1v) is 10.0. The fourth-order valence-corrected chi connectivity index (χ4v) is 5.21. The molecule has 2 aromatic rings. The number of fused-ring (bicyclic) bond motifs is 3. The highest BCUT2D eigenvalue weighted by Gasteiger charge is 2.41. The summed E-state index contributed by atoms with van der Waals surface area (Å²) in [5, 5.41) is 9.12. The van der Waals surface area contributed by atoms with E-state index in [9.17, 15) is 18.0 Å². The summed E-state index contributed by atoms with van der Waals surface area (Å²) >= 11 is 0. The van der Waals surface area contributed by atoms with Gasteiger partial charge in [0.15, 0.2) is 0 Å².